The number of benzene rings is 3. The van der Waals surface area contributed by atoms with Crippen LogP contribution in [0.5, 0.6) is 0 Å². The zero-order valence-corrected chi connectivity index (χ0v) is 26.4. The van der Waals surface area contributed by atoms with Crippen molar-refractivity contribution in [1.82, 2.24) is 18.9 Å². The smallest absolute Gasteiger partial charge is 0.418 e. The molecule has 0 bridgehead atoms. The van der Waals surface area contributed by atoms with Gasteiger partial charge in [-0.05, 0) is 75.0 Å². The third kappa shape index (κ3) is 6.95. The molecule has 1 saturated heterocycles. The number of alkyl halides is 3. The van der Waals surface area contributed by atoms with Crippen LogP contribution in [0.25, 0.3) is 16.6 Å². The second kappa shape index (κ2) is 14.0. The van der Waals surface area contributed by atoms with E-state index in [4.69, 9.17) is 4.74 Å². The van der Waals surface area contributed by atoms with Crippen molar-refractivity contribution < 1.29 is 22.7 Å². The van der Waals surface area contributed by atoms with Gasteiger partial charge in [-0.2, -0.15) is 13.2 Å². The lowest BCUT2D eigenvalue weighted by Crippen LogP contribution is -2.47. The molecule has 1 aliphatic rings. The number of ether oxygens (including phenoxy) is 1. The van der Waals surface area contributed by atoms with Crippen LogP contribution in [0, 0.1) is 13.8 Å². The van der Waals surface area contributed by atoms with Gasteiger partial charge < -0.3 is 14.5 Å². The first-order chi connectivity index (χ1) is 22.0. The van der Waals surface area contributed by atoms with E-state index in [1.807, 2.05) is 18.2 Å². The number of esters is 1. The highest BCUT2D eigenvalue weighted by molar-refractivity contribution is 5.99. The van der Waals surface area contributed by atoms with E-state index < -0.39 is 34.6 Å². The summed E-state index contributed by atoms with van der Waals surface area (Å²) in [7, 11) is 0. The fourth-order valence-electron chi connectivity index (χ4n) is 6.34. The molecule has 0 aliphatic carbocycles. The molecule has 1 aliphatic heterocycles. The Kier molecular flexibility index (Phi) is 10.1. The lowest BCUT2D eigenvalue weighted by atomic mass is 9.98. The number of hydrogen-bond donors (Lipinski definition) is 0. The monoisotopic (exact) mass is 636 g/mol. The van der Waals surface area contributed by atoms with Crippen LogP contribution < -0.4 is 11.2 Å². The number of para-hydroxylation sites is 1. The molecule has 0 N–H and O–H groups in total. The number of nitrogens with zero attached hydrogens (tertiary/aromatic N) is 4. The van der Waals surface area contributed by atoms with E-state index >= 15 is 0 Å². The third-order valence-electron chi connectivity index (χ3n) is 8.69. The van der Waals surface area contributed by atoms with E-state index in [-0.39, 0.29) is 35.2 Å². The second-order valence-electron chi connectivity index (χ2n) is 11.7. The van der Waals surface area contributed by atoms with Gasteiger partial charge in [-0.15, -0.1) is 0 Å². The summed E-state index contributed by atoms with van der Waals surface area (Å²) in [6, 6.07) is 16.5. The van der Waals surface area contributed by atoms with E-state index in [0.717, 1.165) is 51.3 Å². The molecule has 0 atom stereocenters. The zero-order chi connectivity index (χ0) is 33.0. The summed E-state index contributed by atoms with van der Waals surface area (Å²) in [5.41, 5.74) is -0.896. The molecule has 3 aromatic carbocycles. The number of halogens is 3. The van der Waals surface area contributed by atoms with Crippen LogP contribution in [0.15, 0.2) is 70.3 Å². The molecule has 46 heavy (non-hydrogen) atoms. The van der Waals surface area contributed by atoms with E-state index in [2.05, 4.69) is 21.9 Å². The number of aromatic nitrogens is 2. The number of fused-ring (bicyclic) bond motifs is 1. The minimum absolute atomic E-state index is 0.0114. The molecule has 0 radical (unpaired) electrons. The molecule has 1 fully saturated rings. The number of hydrogen-bond acceptors (Lipinski definition) is 6. The van der Waals surface area contributed by atoms with Gasteiger partial charge in [-0.3, -0.25) is 9.36 Å². The Bertz CT molecular complexity index is 1820. The lowest BCUT2D eigenvalue weighted by Gasteiger charge is -2.34. The SMILES string of the molecule is CCOC(=O)c1c(C)cc2c(c1C)c(=O)n(-c1ccccc1C(F)(F)F)c(=O)n2CCCN1CCN(CCc2ccccc2)CC1. The Morgan fingerprint density at radius 2 is 1.50 bits per heavy atom. The van der Waals surface area contributed by atoms with Crippen LogP contribution in [0.2, 0.25) is 0 Å². The van der Waals surface area contributed by atoms with Gasteiger partial charge in [0.15, 0.2) is 0 Å². The van der Waals surface area contributed by atoms with E-state index in [9.17, 15) is 27.6 Å². The normalized spacial score (nSPS) is 14.6. The van der Waals surface area contributed by atoms with Crippen LogP contribution in [-0.4, -0.2) is 70.8 Å². The fraction of sp³-hybridized carbons (Fsp3) is 0.400. The van der Waals surface area contributed by atoms with Crippen LogP contribution in [0.3, 0.4) is 0 Å². The largest absolute Gasteiger partial charge is 0.462 e. The van der Waals surface area contributed by atoms with Crippen LogP contribution in [-0.2, 0) is 23.9 Å². The van der Waals surface area contributed by atoms with Crippen molar-refractivity contribution in [1.29, 1.82) is 0 Å². The summed E-state index contributed by atoms with van der Waals surface area (Å²) in [6.07, 6.45) is -3.28. The standard InChI is InChI=1S/C35H39F3N4O4/c1-4-46-33(44)30-24(2)23-29-31(25(30)3)32(43)42(28-14-9-8-13-27(28)35(36,37)38)34(45)41(29)17-10-16-39-19-21-40(22-20-39)18-15-26-11-6-5-7-12-26/h5-9,11-14,23H,4,10,15-22H2,1-3H3. The first-order valence-electron chi connectivity index (χ1n) is 15.6. The number of piperazine rings is 1. The molecule has 0 saturated carbocycles. The van der Waals surface area contributed by atoms with Crippen molar-refractivity contribution in [2.75, 3.05) is 45.9 Å². The summed E-state index contributed by atoms with van der Waals surface area (Å²) in [5, 5.41) is 0.0114. The zero-order valence-electron chi connectivity index (χ0n) is 26.4. The van der Waals surface area contributed by atoms with Gasteiger partial charge in [0.05, 0.1) is 34.3 Å². The van der Waals surface area contributed by atoms with Crippen molar-refractivity contribution >= 4 is 16.9 Å². The van der Waals surface area contributed by atoms with Gasteiger partial charge in [-0.25, -0.2) is 14.2 Å². The van der Waals surface area contributed by atoms with Gasteiger partial charge in [0.1, 0.15) is 0 Å². The Hall–Kier alpha value is -4.22. The molecule has 2 heterocycles. The topological polar surface area (TPSA) is 76.8 Å². The molecule has 1 aromatic heterocycles. The van der Waals surface area contributed by atoms with Crippen molar-refractivity contribution in [2.24, 2.45) is 0 Å². The van der Waals surface area contributed by atoms with Crippen molar-refractivity contribution in [3.05, 3.63) is 109 Å². The quantitative estimate of drug-likeness (QED) is 0.223. The Balaban J connectivity index is 1.45. The molecular formula is C35H39F3N4O4. The van der Waals surface area contributed by atoms with E-state index in [0.29, 0.717) is 23.1 Å². The molecule has 0 unspecified atom stereocenters. The predicted octanol–water partition coefficient (Wildman–Crippen LogP) is 5.22. The van der Waals surface area contributed by atoms with E-state index in [1.54, 1.807) is 26.8 Å². The molecule has 5 rings (SSSR count). The van der Waals surface area contributed by atoms with Crippen molar-refractivity contribution in [2.45, 2.75) is 46.3 Å². The summed E-state index contributed by atoms with van der Waals surface area (Å²) >= 11 is 0. The Morgan fingerprint density at radius 3 is 2.15 bits per heavy atom. The first kappa shape index (κ1) is 33.2. The maximum atomic E-state index is 14.1. The lowest BCUT2D eigenvalue weighted by molar-refractivity contribution is -0.137. The molecule has 244 valence electrons. The summed E-state index contributed by atoms with van der Waals surface area (Å²) < 4.78 is 49.4. The fourth-order valence-corrected chi connectivity index (χ4v) is 6.34. The summed E-state index contributed by atoms with van der Waals surface area (Å²) in [4.78, 5) is 45.6. The minimum Gasteiger partial charge on any atom is -0.462 e. The molecule has 0 amide bonds. The number of aryl methyl sites for hydroxylation is 3. The minimum atomic E-state index is -4.80. The average Bonchev–Trinajstić information content (AvgIpc) is 3.02. The summed E-state index contributed by atoms with van der Waals surface area (Å²) in [6.45, 7) is 10.4. The van der Waals surface area contributed by atoms with Crippen LogP contribution >= 0.6 is 0 Å². The highest BCUT2D eigenvalue weighted by Crippen LogP contribution is 2.33. The van der Waals surface area contributed by atoms with Crippen molar-refractivity contribution in [3.8, 4) is 5.69 Å². The van der Waals surface area contributed by atoms with E-state index in [1.165, 1.54) is 22.3 Å². The summed E-state index contributed by atoms with van der Waals surface area (Å²) in [5.74, 6) is -0.637. The Labute approximate surface area is 265 Å². The van der Waals surface area contributed by atoms with Gasteiger partial charge in [0.2, 0.25) is 0 Å². The Morgan fingerprint density at radius 1 is 0.870 bits per heavy atom. The van der Waals surface area contributed by atoms with Crippen LogP contribution in [0.4, 0.5) is 13.2 Å². The first-order valence-corrected chi connectivity index (χ1v) is 15.6. The molecule has 0 spiro atoms. The molecule has 11 heteroatoms. The maximum Gasteiger partial charge on any atom is 0.418 e. The predicted molar refractivity (Wildman–Crippen MR) is 172 cm³/mol. The second-order valence-corrected chi connectivity index (χ2v) is 11.7. The van der Waals surface area contributed by atoms with Gasteiger partial charge in [0.25, 0.3) is 5.56 Å². The number of carbonyl (C=O) groups is 1. The van der Waals surface area contributed by atoms with Gasteiger partial charge in [0, 0.05) is 39.3 Å². The number of carbonyl (C=O) groups excluding carboxylic acids is 1. The average molecular weight is 637 g/mol. The molecule has 4 aromatic rings. The third-order valence-corrected chi connectivity index (χ3v) is 8.69. The number of rotatable bonds is 10. The molecule has 8 nitrogen and oxygen atoms in total. The molecular weight excluding hydrogens is 597 g/mol. The maximum absolute atomic E-state index is 14.1. The highest BCUT2D eigenvalue weighted by Gasteiger charge is 2.35. The van der Waals surface area contributed by atoms with Gasteiger partial charge >= 0.3 is 17.8 Å². The van der Waals surface area contributed by atoms with Crippen LogP contribution in [0.1, 0.15) is 46.0 Å². The highest BCUT2D eigenvalue weighted by atomic mass is 19.4. The van der Waals surface area contributed by atoms with Gasteiger partial charge in [-0.1, -0.05) is 42.5 Å². The van der Waals surface area contributed by atoms with Crippen molar-refractivity contribution in [3.63, 3.8) is 0 Å².